The Labute approximate surface area is 132 Å². The van der Waals surface area contributed by atoms with E-state index in [0.29, 0.717) is 0 Å². The van der Waals surface area contributed by atoms with Crippen molar-refractivity contribution in [1.82, 2.24) is 0 Å². The summed E-state index contributed by atoms with van der Waals surface area (Å²) in [5.74, 6) is -0.114. The zero-order chi connectivity index (χ0) is 15.6. The molecule has 21 heavy (non-hydrogen) atoms. The maximum atomic E-state index is 12.4. The highest BCUT2D eigenvalue weighted by molar-refractivity contribution is 7.92. The summed E-state index contributed by atoms with van der Waals surface area (Å²) >= 11 is 11.6. The molecule has 0 aromatic heterocycles. The van der Waals surface area contributed by atoms with Crippen molar-refractivity contribution < 1.29 is 18.3 Å². The molecule has 0 amide bonds. The molecule has 0 aliphatic heterocycles. The van der Waals surface area contributed by atoms with E-state index in [-0.39, 0.29) is 32.1 Å². The fourth-order valence-corrected chi connectivity index (χ4v) is 3.32. The van der Waals surface area contributed by atoms with Gasteiger partial charge in [0.25, 0.3) is 10.0 Å². The predicted molar refractivity (Wildman–Crippen MR) is 81.9 cm³/mol. The Balaban J connectivity index is 2.48. The molecule has 0 fully saturated rings. The number of anilines is 1. The summed E-state index contributed by atoms with van der Waals surface area (Å²) < 4.78 is 32.0. The molecule has 0 aliphatic carbocycles. The Kier molecular flexibility index (Phi) is 4.51. The molecule has 2 aromatic rings. The van der Waals surface area contributed by atoms with Gasteiger partial charge in [-0.05, 0) is 36.4 Å². The quantitative estimate of drug-likeness (QED) is 0.829. The number of phenolic OH excluding ortho intramolecular Hbond substituents is 1. The highest BCUT2D eigenvalue weighted by Crippen LogP contribution is 2.32. The van der Waals surface area contributed by atoms with Crippen molar-refractivity contribution in [1.29, 1.82) is 0 Å². The number of ether oxygens (including phenoxy) is 1. The van der Waals surface area contributed by atoms with Gasteiger partial charge in [0.1, 0.15) is 16.4 Å². The molecule has 0 aliphatic rings. The molecule has 0 bridgehead atoms. The van der Waals surface area contributed by atoms with Crippen LogP contribution in [0.15, 0.2) is 41.3 Å². The number of aromatic hydroxyl groups is 1. The van der Waals surface area contributed by atoms with E-state index in [4.69, 9.17) is 27.9 Å². The fourth-order valence-electron chi connectivity index (χ4n) is 1.65. The van der Waals surface area contributed by atoms with Crippen LogP contribution in [0, 0.1) is 0 Å². The SMILES string of the molecule is COc1ccc(Cl)cc1S(=O)(=O)Nc1cc(Cl)ccc1O. The van der Waals surface area contributed by atoms with Crippen molar-refractivity contribution in [3.8, 4) is 11.5 Å². The first-order valence-electron chi connectivity index (χ1n) is 5.68. The van der Waals surface area contributed by atoms with Crippen LogP contribution in [-0.4, -0.2) is 20.6 Å². The maximum absolute atomic E-state index is 12.4. The van der Waals surface area contributed by atoms with E-state index in [0.717, 1.165) is 0 Å². The molecule has 2 aromatic carbocycles. The molecule has 0 saturated heterocycles. The first-order chi connectivity index (χ1) is 9.83. The van der Waals surface area contributed by atoms with Crippen LogP contribution in [0.3, 0.4) is 0 Å². The summed E-state index contributed by atoms with van der Waals surface area (Å²) in [5, 5.41) is 10.2. The van der Waals surface area contributed by atoms with Gasteiger partial charge < -0.3 is 9.84 Å². The second-order valence-electron chi connectivity index (χ2n) is 4.06. The monoisotopic (exact) mass is 347 g/mol. The lowest BCUT2D eigenvalue weighted by atomic mass is 10.3. The zero-order valence-electron chi connectivity index (χ0n) is 10.8. The van der Waals surface area contributed by atoms with E-state index in [1.54, 1.807) is 0 Å². The highest BCUT2D eigenvalue weighted by Gasteiger charge is 2.21. The maximum Gasteiger partial charge on any atom is 0.265 e. The van der Waals surface area contributed by atoms with Crippen LogP contribution < -0.4 is 9.46 Å². The summed E-state index contributed by atoms with van der Waals surface area (Å²) in [6.07, 6.45) is 0. The van der Waals surface area contributed by atoms with Crippen molar-refractivity contribution in [2.45, 2.75) is 4.90 Å². The summed E-state index contributed by atoms with van der Waals surface area (Å²) in [6, 6.07) is 8.23. The van der Waals surface area contributed by atoms with Gasteiger partial charge in [0, 0.05) is 10.0 Å². The van der Waals surface area contributed by atoms with Crippen LogP contribution in [0.1, 0.15) is 0 Å². The molecule has 2 rings (SSSR count). The number of benzene rings is 2. The van der Waals surface area contributed by atoms with Crippen LogP contribution in [0.5, 0.6) is 11.5 Å². The largest absolute Gasteiger partial charge is 0.506 e. The van der Waals surface area contributed by atoms with Gasteiger partial charge in [-0.2, -0.15) is 0 Å². The number of rotatable bonds is 4. The van der Waals surface area contributed by atoms with E-state index >= 15 is 0 Å². The van der Waals surface area contributed by atoms with Crippen LogP contribution in [-0.2, 0) is 10.0 Å². The number of nitrogens with one attached hydrogen (secondary N) is 1. The summed E-state index contributed by atoms with van der Waals surface area (Å²) in [7, 11) is -2.65. The van der Waals surface area contributed by atoms with E-state index < -0.39 is 10.0 Å². The molecular formula is C13H11Cl2NO4S. The van der Waals surface area contributed by atoms with Gasteiger partial charge in [-0.25, -0.2) is 8.42 Å². The van der Waals surface area contributed by atoms with Crippen molar-refractivity contribution in [2.75, 3.05) is 11.8 Å². The Morgan fingerprint density at radius 2 is 1.71 bits per heavy atom. The van der Waals surface area contributed by atoms with Gasteiger partial charge in [-0.1, -0.05) is 23.2 Å². The van der Waals surface area contributed by atoms with Crippen LogP contribution in [0.25, 0.3) is 0 Å². The Bertz CT molecular complexity index is 778. The Morgan fingerprint density at radius 1 is 1.10 bits per heavy atom. The molecule has 0 unspecified atom stereocenters. The average molecular weight is 348 g/mol. The van der Waals surface area contributed by atoms with Gasteiger partial charge in [-0.15, -0.1) is 0 Å². The van der Waals surface area contributed by atoms with Crippen LogP contribution in [0.2, 0.25) is 10.0 Å². The minimum atomic E-state index is -4.00. The smallest absolute Gasteiger partial charge is 0.265 e. The number of methoxy groups -OCH3 is 1. The molecule has 2 N–H and O–H groups in total. The average Bonchev–Trinajstić information content (AvgIpc) is 2.42. The first-order valence-corrected chi connectivity index (χ1v) is 7.92. The van der Waals surface area contributed by atoms with Gasteiger partial charge in [-0.3, -0.25) is 4.72 Å². The highest BCUT2D eigenvalue weighted by atomic mass is 35.5. The van der Waals surface area contributed by atoms with Crippen molar-refractivity contribution in [3.05, 3.63) is 46.4 Å². The standard InChI is InChI=1S/C13H11Cl2NO4S/c1-20-12-5-3-9(15)7-13(12)21(18,19)16-10-6-8(14)2-4-11(10)17/h2-7,16-17H,1H3. The minimum Gasteiger partial charge on any atom is -0.506 e. The summed E-state index contributed by atoms with van der Waals surface area (Å²) in [5.41, 5.74) is -0.0375. The second kappa shape index (κ2) is 6.01. The summed E-state index contributed by atoms with van der Waals surface area (Å²) in [6.45, 7) is 0. The number of hydrogen-bond acceptors (Lipinski definition) is 4. The molecule has 0 atom stereocenters. The molecule has 0 saturated carbocycles. The second-order valence-corrected chi connectivity index (χ2v) is 6.59. The Morgan fingerprint density at radius 3 is 2.38 bits per heavy atom. The van der Waals surface area contributed by atoms with Crippen LogP contribution in [0.4, 0.5) is 5.69 Å². The molecule has 0 radical (unpaired) electrons. The number of hydrogen-bond donors (Lipinski definition) is 2. The molecule has 5 nitrogen and oxygen atoms in total. The normalized spacial score (nSPS) is 11.2. The van der Waals surface area contributed by atoms with E-state index in [2.05, 4.69) is 4.72 Å². The van der Waals surface area contributed by atoms with Crippen LogP contribution >= 0.6 is 23.2 Å². The topological polar surface area (TPSA) is 75.6 Å². The number of halogens is 2. The molecule has 0 spiro atoms. The molecule has 112 valence electrons. The third-order valence-electron chi connectivity index (χ3n) is 2.62. The van der Waals surface area contributed by atoms with E-state index in [9.17, 15) is 13.5 Å². The third kappa shape index (κ3) is 3.53. The fraction of sp³-hybridized carbons (Fsp3) is 0.0769. The lowest BCUT2D eigenvalue weighted by molar-refractivity contribution is 0.403. The molecule has 8 heteroatoms. The predicted octanol–water partition coefficient (Wildman–Crippen LogP) is 3.51. The van der Waals surface area contributed by atoms with Crippen molar-refractivity contribution in [2.24, 2.45) is 0 Å². The van der Waals surface area contributed by atoms with Gasteiger partial charge >= 0.3 is 0 Å². The van der Waals surface area contributed by atoms with Crippen molar-refractivity contribution in [3.63, 3.8) is 0 Å². The van der Waals surface area contributed by atoms with E-state index in [1.165, 1.54) is 43.5 Å². The number of sulfonamides is 1. The number of phenols is 1. The van der Waals surface area contributed by atoms with E-state index in [1.807, 2.05) is 0 Å². The van der Waals surface area contributed by atoms with Gasteiger partial charge in [0.05, 0.1) is 12.8 Å². The third-order valence-corrected chi connectivity index (χ3v) is 4.48. The van der Waals surface area contributed by atoms with Gasteiger partial charge in [0.2, 0.25) is 0 Å². The molecule has 0 heterocycles. The first kappa shape index (κ1) is 15.8. The lowest BCUT2D eigenvalue weighted by Crippen LogP contribution is -2.14. The Hall–Kier alpha value is -1.63. The minimum absolute atomic E-state index is 0.0375. The van der Waals surface area contributed by atoms with Gasteiger partial charge in [0.15, 0.2) is 0 Å². The lowest BCUT2D eigenvalue weighted by Gasteiger charge is -2.13. The summed E-state index contributed by atoms with van der Waals surface area (Å²) in [4.78, 5) is -0.142. The zero-order valence-corrected chi connectivity index (χ0v) is 13.1. The molecular weight excluding hydrogens is 337 g/mol. The van der Waals surface area contributed by atoms with Crippen molar-refractivity contribution >= 4 is 38.9 Å².